The SMILES string of the molecule is [2H]P.[N-]=[N+]=[N-]. The Bertz CT molecular complexity index is 27.9. The predicted octanol–water partition coefficient (Wildman–Crippen LogP) is 0.924. The van der Waals surface area contributed by atoms with Crippen LogP contribution in [0.5, 0.6) is 0 Å². The van der Waals surface area contributed by atoms with Gasteiger partial charge < -0.3 is 11.1 Å². The maximum absolute atomic E-state index is 6.75. The van der Waals surface area contributed by atoms with E-state index in [0.29, 0.717) is 0 Å². The number of rotatable bonds is 0. The zero-order valence-corrected chi connectivity index (χ0v) is 3.07. The van der Waals surface area contributed by atoms with Crippen LogP contribution in [0.2, 0.25) is 0 Å². The van der Waals surface area contributed by atoms with Crippen molar-refractivity contribution < 1.29 is 0 Å². The van der Waals surface area contributed by atoms with E-state index in [0.717, 1.165) is 0 Å². The highest BCUT2D eigenvalue weighted by Crippen LogP contribution is 1.29. The molecular weight excluding hydrogens is 73.0 g/mol. The van der Waals surface area contributed by atoms with Crippen molar-refractivity contribution in [3.8, 4) is 0 Å². The summed E-state index contributed by atoms with van der Waals surface area (Å²) >= 11 is 0. The minimum Gasteiger partial charge on any atom is -0.373 e. The molecule has 0 aliphatic rings. The summed E-state index contributed by atoms with van der Waals surface area (Å²) in [4.78, 5) is 1.50. The average molecular weight is 77.0 g/mol. The van der Waals surface area contributed by atoms with Crippen LogP contribution in [-0.2, 0) is 0 Å². The molecule has 4 heavy (non-hydrogen) atoms. The summed E-state index contributed by atoms with van der Waals surface area (Å²) in [6, 6.07) is 0. The first kappa shape index (κ1) is 3.74. The van der Waals surface area contributed by atoms with Gasteiger partial charge in [0.2, 0.25) is 0 Å². The van der Waals surface area contributed by atoms with Gasteiger partial charge in [0.15, 0.2) is 0 Å². The lowest BCUT2D eigenvalue weighted by molar-refractivity contribution is 2.36. The molecule has 0 amide bonds. The second kappa shape index (κ2) is 15.1. The molecule has 0 saturated heterocycles. The minimum atomic E-state index is 1.50. The van der Waals surface area contributed by atoms with Crippen molar-refractivity contribution in [3.63, 3.8) is 0 Å². The topological polar surface area (TPSA) is 58.7 Å². The molecule has 0 fully saturated rings. The van der Waals surface area contributed by atoms with E-state index >= 15 is 0 Å². The maximum atomic E-state index is 6.75. The summed E-state index contributed by atoms with van der Waals surface area (Å²) in [6.07, 6.45) is 0. The van der Waals surface area contributed by atoms with Crippen molar-refractivity contribution >= 4 is 9.84 Å². The van der Waals surface area contributed by atoms with Crippen molar-refractivity contribution in [2.45, 2.75) is 0 Å². The third-order valence-electron chi connectivity index (χ3n) is 0. The molecule has 0 aromatic heterocycles. The Morgan fingerprint density at radius 2 is 1.75 bits per heavy atom. The fourth-order valence-corrected chi connectivity index (χ4v) is 0. The van der Waals surface area contributed by atoms with Gasteiger partial charge in [-0.15, -0.1) is 0 Å². The first-order chi connectivity index (χ1) is 2.41. The van der Waals surface area contributed by atoms with Crippen molar-refractivity contribution in [3.05, 3.63) is 16.0 Å². The molecule has 0 saturated carbocycles. The van der Waals surface area contributed by atoms with E-state index in [1.165, 1.54) is 4.91 Å². The van der Waals surface area contributed by atoms with Gasteiger partial charge in [-0.05, 0) is 0 Å². The van der Waals surface area contributed by atoms with Crippen LogP contribution >= 0.6 is 9.84 Å². The van der Waals surface area contributed by atoms with Gasteiger partial charge in [-0.1, -0.05) is 0 Å². The summed E-state index contributed by atoms with van der Waals surface area (Å²) in [6.45, 7) is 0. The van der Waals surface area contributed by atoms with E-state index < -0.39 is 0 Å². The lowest BCUT2D eigenvalue weighted by Gasteiger charge is -1.31. The van der Waals surface area contributed by atoms with E-state index in [1.54, 1.807) is 9.84 Å². The molecule has 0 spiro atoms. The first-order valence-electron chi connectivity index (χ1n) is 0.977. The normalized spacial score (nSPS) is 3.75. The predicted molar refractivity (Wildman–Crippen MR) is 21.2 cm³/mol. The molecule has 0 aromatic carbocycles. The third kappa shape index (κ3) is 14.1. The smallest absolute Gasteiger partial charge is 0.0511 e. The molecular formula is H3N3P-. The van der Waals surface area contributed by atoms with E-state index in [-0.39, 0.29) is 0 Å². The van der Waals surface area contributed by atoms with Crippen molar-refractivity contribution in [2.75, 3.05) is 0 Å². The largest absolute Gasteiger partial charge is 0.373 e. The molecule has 0 aliphatic carbocycles. The molecule has 0 aliphatic heterocycles. The molecule has 3 nitrogen and oxygen atoms in total. The van der Waals surface area contributed by atoms with E-state index in [2.05, 4.69) is 0 Å². The van der Waals surface area contributed by atoms with Crippen LogP contribution in [0.25, 0.3) is 16.0 Å². The van der Waals surface area contributed by atoms with Crippen LogP contribution in [0.15, 0.2) is 0 Å². The highest BCUT2D eigenvalue weighted by Gasteiger charge is 0.689. The molecule has 0 radical (unpaired) electrons. The summed E-state index contributed by atoms with van der Waals surface area (Å²) < 4.78 is 5.67. The highest BCUT2D eigenvalue weighted by atomic mass is 31.0. The van der Waals surface area contributed by atoms with Crippen LogP contribution in [0.1, 0.15) is 0 Å². The van der Waals surface area contributed by atoms with Crippen LogP contribution in [0.4, 0.5) is 0 Å². The Balaban J connectivity index is 0. The van der Waals surface area contributed by atoms with Crippen LogP contribution in [0, 0.1) is 0 Å². The average Bonchev–Trinajstić information content (AvgIpc) is 1.46. The summed E-state index contributed by atoms with van der Waals surface area (Å²) in [7, 11) is 1.67. The monoisotopic (exact) mass is 77.0 g/mol. The molecule has 0 bridgehead atoms. The lowest BCUT2D eigenvalue weighted by Crippen LogP contribution is -0.711. The fraction of sp³-hybridized carbons (Fsp3) is 0. The van der Waals surface area contributed by atoms with Crippen LogP contribution < -0.4 is 0 Å². The third-order valence-corrected chi connectivity index (χ3v) is 0. The Labute approximate surface area is 28.3 Å². The van der Waals surface area contributed by atoms with Gasteiger partial charge in [0.05, 0.1) is 1.28 Å². The molecule has 24 valence electrons. The molecule has 1 unspecified atom stereocenters. The lowest BCUT2D eigenvalue weighted by atomic mass is 13.0. The zero-order valence-electron chi connectivity index (χ0n) is 2.92. The number of hydrogen-bond donors (Lipinski definition) is 0. The van der Waals surface area contributed by atoms with Crippen LogP contribution in [0.3, 0.4) is 0 Å². The summed E-state index contributed by atoms with van der Waals surface area (Å²) in [5.41, 5.74) is 13.5. The van der Waals surface area contributed by atoms with E-state index in [9.17, 15) is 0 Å². The van der Waals surface area contributed by atoms with Gasteiger partial charge in [-0.3, -0.25) is 4.91 Å². The molecule has 4 heteroatoms. The molecule has 0 heterocycles. The van der Waals surface area contributed by atoms with Crippen molar-refractivity contribution in [2.24, 2.45) is 0 Å². The first-order valence-corrected chi connectivity index (χ1v) is 0.400. The van der Waals surface area contributed by atoms with Crippen LogP contribution in [-0.4, -0.2) is 1.28 Å². The van der Waals surface area contributed by atoms with Crippen molar-refractivity contribution in [1.82, 2.24) is 0 Å². The molecule has 1 atom stereocenters. The quantitative estimate of drug-likeness (QED) is 0.179. The molecule has 0 aromatic rings. The maximum Gasteiger partial charge on any atom is 0.0511 e. The van der Waals surface area contributed by atoms with Gasteiger partial charge in [0.1, 0.15) is 0 Å². The Kier molecular flexibility index (Phi) is 14.2. The standard InChI is InChI=1S/N3.H3P/c1-3-2;/h;1H3/q-1;/i;1D. The van der Waals surface area contributed by atoms with Crippen molar-refractivity contribution in [1.29, 1.82) is 1.28 Å². The van der Waals surface area contributed by atoms with E-state index in [4.69, 9.17) is 12.3 Å². The van der Waals surface area contributed by atoms with Gasteiger partial charge in [-0.2, -0.15) is 9.84 Å². The Morgan fingerprint density at radius 3 is 1.75 bits per heavy atom. The van der Waals surface area contributed by atoms with Gasteiger partial charge in [0, 0.05) is 0 Å². The van der Waals surface area contributed by atoms with Gasteiger partial charge in [-0.25, -0.2) is 0 Å². The highest BCUT2D eigenvalue weighted by molar-refractivity contribution is 6.92. The van der Waals surface area contributed by atoms with Gasteiger partial charge in [0.25, 0.3) is 0 Å². The molecule has 0 N–H and O–H groups in total. The molecule has 0 rings (SSSR count). The van der Waals surface area contributed by atoms with Gasteiger partial charge >= 0.3 is 0 Å². The number of nitrogens with zero attached hydrogens (tertiary/aromatic N) is 3. The summed E-state index contributed by atoms with van der Waals surface area (Å²) in [5, 5.41) is 0. The van der Waals surface area contributed by atoms with E-state index in [1.807, 2.05) is 0 Å². The Morgan fingerprint density at radius 1 is 1.75 bits per heavy atom. The zero-order chi connectivity index (χ0) is 4.71. The Hall–Kier alpha value is -0.260. The number of hydrogen-bond acceptors (Lipinski definition) is 0. The second-order valence-electron chi connectivity index (χ2n) is 0.0894. The summed E-state index contributed by atoms with van der Waals surface area (Å²) in [5.74, 6) is 0. The minimum absolute atomic E-state index is 1.50. The fourth-order valence-electron chi connectivity index (χ4n) is 0. The second-order valence-corrected chi connectivity index (χ2v) is 0.0894.